The Kier molecular flexibility index (Phi) is 3.16. The predicted molar refractivity (Wildman–Crippen MR) is 72.4 cm³/mol. The van der Waals surface area contributed by atoms with Crippen LogP contribution >= 0.6 is 0 Å². The van der Waals surface area contributed by atoms with Crippen molar-refractivity contribution in [3.8, 4) is 0 Å². The number of aromatic nitrogens is 2. The molecule has 0 bridgehead atoms. The van der Waals surface area contributed by atoms with Gasteiger partial charge in [0.15, 0.2) is 0 Å². The van der Waals surface area contributed by atoms with Crippen LogP contribution in [0.3, 0.4) is 0 Å². The Bertz CT molecular complexity index is 319. The van der Waals surface area contributed by atoms with Crippen LogP contribution in [0.2, 0.25) is 39.3 Å². The molecule has 0 saturated heterocycles. The first kappa shape index (κ1) is 12.5. The molecule has 0 unspecified atom stereocenters. The van der Waals surface area contributed by atoms with E-state index in [4.69, 9.17) is 0 Å². The van der Waals surface area contributed by atoms with Crippen molar-refractivity contribution in [3.05, 3.63) is 12.4 Å². The molecule has 5 heteroatoms. The average molecular weight is 241 g/mol. The van der Waals surface area contributed by atoms with Gasteiger partial charge < -0.3 is 4.23 Å². The molecule has 0 aliphatic heterocycles. The zero-order valence-corrected chi connectivity index (χ0v) is 13.0. The lowest BCUT2D eigenvalue weighted by molar-refractivity contribution is 0.768. The number of nitrogens with zero attached hydrogens (tertiary/aromatic N) is 3. The molecule has 1 heterocycles. The summed E-state index contributed by atoms with van der Waals surface area (Å²) >= 11 is 0. The summed E-state index contributed by atoms with van der Waals surface area (Å²) < 4.78 is 4.57. The van der Waals surface area contributed by atoms with Crippen molar-refractivity contribution < 1.29 is 0 Å². The highest BCUT2D eigenvalue weighted by Crippen LogP contribution is 2.27. The molecular weight excluding hydrogens is 218 g/mol. The van der Waals surface area contributed by atoms with Crippen LogP contribution in [0.1, 0.15) is 0 Å². The second-order valence-corrected chi connectivity index (χ2v) is 16.1. The maximum absolute atomic E-state index is 4.28. The smallest absolute Gasteiger partial charge is 0.138 e. The minimum atomic E-state index is -1.31. The van der Waals surface area contributed by atoms with Crippen LogP contribution in [0, 0.1) is 0 Å². The van der Waals surface area contributed by atoms with Gasteiger partial charge in [-0.3, -0.25) is 4.68 Å². The van der Waals surface area contributed by atoms with E-state index in [1.54, 1.807) is 0 Å². The van der Waals surface area contributed by atoms with Crippen LogP contribution in [0.4, 0.5) is 5.69 Å². The molecule has 0 N–H and O–H groups in total. The predicted octanol–water partition coefficient (Wildman–Crippen LogP) is 2.90. The van der Waals surface area contributed by atoms with E-state index in [0.29, 0.717) is 0 Å². The average Bonchev–Trinajstić information content (AvgIpc) is 2.28. The molecule has 15 heavy (non-hydrogen) atoms. The summed E-state index contributed by atoms with van der Waals surface area (Å²) in [6.07, 6.45) is 4.13. The van der Waals surface area contributed by atoms with Gasteiger partial charge in [-0.25, -0.2) is 0 Å². The SMILES string of the molecule is Cn1cc(N([Si](C)(C)C)[Si](C)(C)C)cn1. The molecule has 3 nitrogen and oxygen atoms in total. The number of aryl methyl sites for hydroxylation is 1. The fourth-order valence-corrected chi connectivity index (χ4v) is 12.1. The molecule has 86 valence electrons. The summed E-state index contributed by atoms with van der Waals surface area (Å²) in [6, 6.07) is 0. The third-order valence-corrected chi connectivity index (χ3v) is 9.52. The van der Waals surface area contributed by atoms with E-state index in [2.05, 4.69) is 54.8 Å². The van der Waals surface area contributed by atoms with Crippen molar-refractivity contribution in [3.63, 3.8) is 0 Å². The van der Waals surface area contributed by atoms with Crippen LogP contribution in [0.15, 0.2) is 12.4 Å². The minimum Gasteiger partial charge on any atom is -0.422 e. The van der Waals surface area contributed by atoms with Gasteiger partial charge >= 0.3 is 0 Å². The summed E-state index contributed by atoms with van der Waals surface area (Å²) in [7, 11) is -0.633. The van der Waals surface area contributed by atoms with E-state index in [9.17, 15) is 0 Å². The standard InChI is InChI=1S/C10H23N3Si2/c1-12-9-10(8-11-12)13(14(2,3)4)15(5,6)7/h8-9H,1-7H3. The molecule has 0 saturated carbocycles. The third-order valence-electron chi connectivity index (χ3n) is 2.29. The quantitative estimate of drug-likeness (QED) is 0.759. The van der Waals surface area contributed by atoms with E-state index >= 15 is 0 Å². The Morgan fingerprint density at radius 3 is 1.80 bits per heavy atom. The maximum Gasteiger partial charge on any atom is 0.138 e. The number of rotatable bonds is 3. The zero-order chi connectivity index (χ0) is 11.9. The normalized spacial score (nSPS) is 13.0. The van der Waals surface area contributed by atoms with E-state index in [1.807, 2.05) is 17.9 Å². The second kappa shape index (κ2) is 3.79. The Balaban J connectivity index is 3.14. The van der Waals surface area contributed by atoms with Gasteiger partial charge in [0.05, 0.1) is 11.9 Å². The molecule has 0 fully saturated rings. The lowest BCUT2D eigenvalue weighted by Gasteiger charge is -2.44. The van der Waals surface area contributed by atoms with Crippen LogP contribution in [0.5, 0.6) is 0 Å². The fraction of sp³-hybridized carbons (Fsp3) is 0.700. The lowest BCUT2D eigenvalue weighted by atomic mass is 10.6. The van der Waals surface area contributed by atoms with Crippen molar-refractivity contribution in [2.24, 2.45) is 7.05 Å². The molecule has 0 amide bonds. The van der Waals surface area contributed by atoms with Gasteiger partial charge in [-0.2, -0.15) is 5.10 Å². The summed E-state index contributed by atoms with van der Waals surface area (Å²) in [5, 5.41) is 4.28. The Morgan fingerprint density at radius 1 is 1.07 bits per heavy atom. The van der Waals surface area contributed by atoms with Gasteiger partial charge in [0, 0.05) is 13.2 Å². The van der Waals surface area contributed by atoms with Crippen molar-refractivity contribution in [1.82, 2.24) is 9.78 Å². The summed E-state index contributed by atoms with van der Waals surface area (Å²) in [5.41, 5.74) is 1.30. The van der Waals surface area contributed by atoms with Gasteiger partial charge in [0.1, 0.15) is 16.5 Å². The van der Waals surface area contributed by atoms with Crippen LogP contribution < -0.4 is 4.23 Å². The molecule has 1 rings (SSSR count). The minimum absolute atomic E-state index is 1.30. The van der Waals surface area contributed by atoms with Crippen LogP contribution in [-0.2, 0) is 7.05 Å². The van der Waals surface area contributed by atoms with Gasteiger partial charge in [0.25, 0.3) is 0 Å². The molecule has 0 atom stereocenters. The van der Waals surface area contributed by atoms with E-state index < -0.39 is 16.5 Å². The fourth-order valence-electron chi connectivity index (χ4n) is 2.30. The van der Waals surface area contributed by atoms with Crippen molar-refractivity contribution in [1.29, 1.82) is 0 Å². The van der Waals surface area contributed by atoms with Crippen molar-refractivity contribution >= 4 is 22.2 Å². The van der Waals surface area contributed by atoms with Crippen molar-refractivity contribution in [2.75, 3.05) is 4.23 Å². The van der Waals surface area contributed by atoms with Gasteiger partial charge in [-0.15, -0.1) is 0 Å². The monoisotopic (exact) mass is 241 g/mol. The molecule has 0 aromatic carbocycles. The summed E-state index contributed by atoms with van der Waals surface area (Å²) in [4.78, 5) is 0. The van der Waals surface area contributed by atoms with Gasteiger partial charge in [0.2, 0.25) is 0 Å². The number of hydrogen-bond donors (Lipinski definition) is 0. The van der Waals surface area contributed by atoms with E-state index in [0.717, 1.165) is 0 Å². The largest absolute Gasteiger partial charge is 0.422 e. The molecule has 0 aliphatic carbocycles. The Hall–Kier alpha value is -0.556. The Labute approximate surface area is 95.3 Å². The van der Waals surface area contributed by atoms with Crippen LogP contribution in [-0.4, -0.2) is 26.3 Å². The maximum atomic E-state index is 4.28. The van der Waals surface area contributed by atoms with E-state index in [-0.39, 0.29) is 0 Å². The first-order valence-electron chi connectivity index (χ1n) is 5.41. The molecular formula is C10H23N3Si2. The summed E-state index contributed by atoms with van der Waals surface area (Å²) in [5.74, 6) is 0. The number of anilines is 1. The lowest BCUT2D eigenvalue weighted by Crippen LogP contribution is -2.59. The highest BCUT2D eigenvalue weighted by molar-refractivity contribution is 6.99. The molecule has 1 aromatic heterocycles. The molecule has 0 aliphatic rings. The Morgan fingerprint density at radius 2 is 1.53 bits per heavy atom. The zero-order valence-electron chi connectivity index (χ0n) is 11.0. The summed E-state index contributed by atoms with van der Waals surface area (Å²) in [6.45, 7) is 14.4. The van der Waals surface area contributed by atoms with Gasteiger partial charge in [-0.1, -0.05) is 39.3 Å². The highest BCUT2D eigenvalue weighted by Gasteiger charge is 2.35. The van der Waals surface area contributed by atoms with E-state index in [1.165, 1.54) is 5.69 Å². The van der Waals surface area contributed by atoms with Gasteiger partial charge in [-0.05, 0) is 0 Å². The molecule has 1 aromatic rings. The number of hydrogen-bond acceptors (Lipinski definition) is 2. The second-order valence-electron chi connectivity index (χ2n) is 6.05. The first-order valence-corrected chi connectivity index (χ1v) is 12.3. The third kappa shape index (κ3) is 2.95. The molecule has 0 spiro atoms. The topological polar surface area (TPSA) is 21.1 Å². The highest BCUT2D eigenvalue weighted by atomic mass is 28.4. The van der Waals surface area contributed by atoms with Crippen molar-refractivity contribution in [2.45, 2.75) is 39.3 Å². The first-order chi connectivity index (χ1) is 6.62. The van der Waals surface area contributed by atoms with Crippen LogP contribution in [0.25, 0.3) is 0 Å². The molecule has 0 radical (unpaired) electrons.